The van der Waals surface area contributed by atoms with Crippen LogP contribution in [0.4, 0.5) is 0 Å². The normalized spacial score (nSPS) is 10.1. The molecule has 0 saturated heterocycles. The molecule has 0 spiro atoms. The van der Waals surface area contributed by atoms with E-state index in [2.05, 4.69) is 4.98 Å². The molecule has 0 fully saturated rings. The molecule has 92 valence electrons. The summed E-state index contributed by atoms with van der Waals surface area (Å²) in [4.78, 5) is 14.9. The summed E-state index contributed by atoms with van der Waals surface area (Å²) in [6.07, 6.45) is 1.52. The van der Waals surface area contributed by atoms with Gasteiger partial charge in [-0.15, -0.1) is 0 Å². The standard InChI is InChI=1S/C13H10ClNO3/c1-18-11-5-3-2-4-9(11)8-6-10(13(16)17)12(14)15-7-8/h2-7H,1H3,(H,16,17). The van der Waals surface area contributed by atoms with Crippen molar-refractivity contribution in [2.24, 2.45) is 0 Å². The third-order valence-electron chi connectivity index (χ3n) is 2.49. The second kappa shape index (κ2) is 5.06. The van der Waals surface area contributed by atoms with Crippen molar-refractivity contribution in [3.05, 3.63) is 47.2 Å². The van der Waals surface area contributed by atoms with Gasteiger partial charge in [0.2, 0.25) is 0 Å². The third-order valence-corrected chi connectivity index (χ3v) is 2.79. The lowest BCUT2D eigenvalue weighted by Gasteiger charge is -2.08. The number of carboxylic acids is 1. The number of nitrogens with zero attached hydrogens (tertiary/aromatic N) is 1. The van der Waals surface area contributed by atoms with E-state index in [1.165, 1.54) is 12.3 Å². The number of benzene rings is 1. The third kappa shape index (κ3) is 2.28. The monoisotopic (exact) mass is 263 g/mol. The molecular weight excluding hydrogens is 254 g/mol. The summed E-state index contributed by atoms with van der Waals surface area (Å²) in [5.41, 5.74) is 1.39. The zero-order valence-electron chi connectivity index (χ0n) is 9.55. The molecule has 4 nitrogen and oxygen atoms in total. The van der Waals surface area contributed by atoms with E-state index in [9.17, 15) is 4.79 Å². The van der Waals surface area contributed by atoms with Crippen molar-refractivity contribution in [1.82, 2.24) is 4.98 Å². The number of hydrogen-bond donors (Lipinski definition) is 1. The Morgan fingerprint density at radius 3 is 2.78 bits per heavy atom. The van der Waals surface area contributed by atoms with E-state index in [-0.39, 0.29) is 10.7 Å². The largest absolute Gasteiger partial charge is 0.496 e. The van der Waals surface area contributed by atoms with Gasteiger partial charge in [0.1, 0.15) is 10.9 Å². The first kappa shape index (κ1) is 12.4. The van der Waals surface area contributed by atoms with Gasteiger partial charge in [0.25, 0.3) is 0 Å². The summed E-state index contributed by atoms with van der Waals surface area (Å²) in [6.45, 7) is 0. The van der Waals surface area contributed by atoms with Gasteiger partial charge < -0.3 is 9.84 Å². The fourth-order valence-electron chi connectivity index (χ4n) is 1.63. The number of aromatic nitrogens is 1. The van der Waals surface area contributed by atoms with E-state index in [1.54, 1.807) is 13.2 Å². The van der Waals surface area contributed by atoms with Crippen molar-refractivity contribution >= 4 is 17.6 Å². The molecule has 0 atom stereocenters. The highest BCUT2D eigenvalue weighted by atomic mass is 35.5. The van der Waals surface area contributed by atoms with Gasteiger partial charge in [-0.05, 0) is 12.1 Å². The van der Waals surface area contributed by atoms with Crippen molar-refractivity contribution in [3.63, 3.8) is 0 Å². The minimum Gasteiger partial charge on any atom is -0.496 e. The van der Waals surface area contributed by atoms with Gasteiger partial charge in [-0.1, -0.05) is 29.8 Å². The maximum Gasteiger partial charge on any atom is 0.338 e. The molecule has 1 N–H and O–H groups in total. The molecule has 0 bridgehead atoms. The molecular formula is C13H10ClNO3. The second-order valence-corrected chi connectivity index (χ2v) is 3.93. The predicted octanol–water partition coefficient (Wildman–Crippen LogP) is 3.11. The van der Waals surface area contributed by atoms with E-state index < -0.39 is 5.97 Å². The number of para-hydroxylation sites is 1. The quantitative estimate of drug-likeness (QED) is 0.865. The number of methoxy groups -OCH3 is 1. The van der Waals surface area contributed by atoms with E-state index in [0.29, 0.717) is 11.3 Å². The molecule has 5 heteroatoms. The number of ether oxygens (including phenoxy) is 1. The van der Waals surface area contributed by atoms with Crippen molar-refractivity contribution in [2.75, 3.05) is 7.11 Å². The highest BCUT2D eigenvalue weighted by Crippen LogP contribution is 2.30. The molecule has 0 aliphatic heterocycles. The Balaban J connectivity index is 2.58. The maximum atomic E-state index is 11.0. The van der Waals surface area contributed by atoms with Crippen LogP contribution in [0.2, 0.25) is 5.15 Å². The average molecular weight is 264 g/mol. The van der Waals surface area contributed by atoms with E-state index in [4.69, 9.17) is 21.4 Å². The van der Waals surface area contributed by atoms with Gasteiger partial charge in [-0.2, -0.15) is 0 Å². The van der Waals surface area contributed by atoms with E-state index >= 15 is 0 Å². The van der Waals surface area contributed by atoms with Crippen LogP contribution >= 0.6 is 11.6 Å². The first-order chi connectivity index (χ1) is 8.63. The van der Waals surface area contributed by atoms with Crippen molar-refractivity contribution in [1.29, 1.82) is 0 Å². The fraction of sp³-hybridized carbons (Fsp3) is 0.0769. The molecule has 0 aliphatic carbocycles. The first-order valence-electron chi connectivity index (χ1n) is 5.15. The predicted molar refractivity (Wildman–Crippen MR) is 68.2 cm³/mol. The molecule has 1 aromatic heterocycles. The Hall–Kier alpha value is -2.07. The Morgan fingerprint density at radius 1 is 1.39 bits per heavy atom. The maximum absolute atomic E-state index is 11.0. The number of aromatic carboxylic acids is 1. The molecule has 0 saturated carbocycles. The zero-order valence-corrected chi connectivity index (χ0v) is 10.3. The lowest BCUT2D eigenvalue weighted by Crippen LogP contribution is -2.00. The van der Waals surface area contributed by atoms with Crippen LogP contribution in [0.3, 0.4) is 0 Å². The van der Waals surface area contributed by atoms with Crippen molar-refractivity contribution in [3.8, 4) is 16.9 Å². The van der Waals surface area contributed by atoms with Crippen LogP contribution in [0.5, 0.6) is 5.75 Å². The first-order valence-corrected chi connectivity index (χ1v) is 5.53. The molecule has 0 aliphatic rings. The Bertz CT molecular complexity index is 599. The van der Waals surface area contributed by atoms with Gasteiger partial charge in [-0.3, -0.25) is 0 Å². The molecule has 18 heavy (non-hydrogen) atoms. The topological polar surface area (TPSA) is 59.4 Å². The Morgan fingerprint density at radius 2 is 2.11 bits per heavy atom. The van der Waals surface area contributed by atoms with Gasteiger partial charge in [0.05, 0.1) is 12.7 Å². The number of pyridine rings is 1. The number of hydrogen-bond acceptors (Lipinski definition) is 3. The molecule has 2 rings (SSSR count). The van der Waals surface area contributed by atoms with Crippen molar-refractivity contribution in [2.45, 2.75) is 0 Å². The number of halogens is 1. The number of carbonyl (C=O) groups is 1. The molecule has 0 radical (unpaired) electrons. The van der Waals surface area contributed by atoms with Gasteiger partial charge in [-0.25, -0.2) is 9.78 Å². The van der Waals surface area contributed by atoms with Crippen molar-refractivity contribution < 1.29 is 14.6 Å². The van der Waals surface area contributed by atoms with Crippen LogP contribution in [0, 0.1) is 0 Å². The fourth-order valence-corrected chi connectivity index (χ4v) is 1.81. The van der Waals surface area contributed by atoms with Crippen LogP contribution in [0.1, 0.15) is 10.4 Å². The number of rotatable bonds is 3. The van der Waals surface area contributed by atoms with Gasteiger partial charge in [0.15, 0.2) is 0 Å². The Kier molecular flexibility index (Phi) is 3.48. The molecule has 2 aromatic rings. The van der Waals surface area contributed by atoms with Crippen LogP contribution in [-0.4, -0.2) is 23.2 Å². The number of carboxylic acid groups (broad SMARTS) is 1. The summed E-state index contributed by atoms with van der Waals surface area (Å²) >= 11 is 5.73. The molecule has 0 amide bonds. The lowest BCUT2D eigenvalue weighted by molar-refractivity contribution is 0.0696. The lowest BCUT2D eigenvalue weighted by atomic mass is 10.1. The minimum absolute atomic E-state index is 0.0267. The van der Waals surface area contributed by atoms with E-state index in [0.717, 1.165) is 5.56 Å². The Labute approximate surface area is 109 Å². The van der Waals surface area contributed by atoms with Gasteiger partial charge >= 0.3 is 5.97 Å². The summed E-state index contributed by atoms with van der Waals surface area (Å²) in [6, 6.07) is 8.78. The highest BCUT2D eigenvalue weighted by molar-refractivity contribution is 6.32. The van der Waals surface area contributed by atoms with Gasteiger partial charge in [0, 0.05) is 17.3 Å². The smallest absolute Gasteiger partial charge is 0.338 e. The second-order valence-electron chi connectivity index (χ2n) is 3.57. The van der Waals surface area contributed by atoms with E-state index in [1.807, 2.05) is 18.2 Å². The average Bonchev–Trinajstić information content (AvgIpc) is 2.39. The summed E-state index contributed by atoms with van der Waals surface area (Å²) in [7, 11) is 1.56. The zero-order chi connectivity index (χ0) is 13.1. The molecule has 1 aromatic carbocycles. The van der Waals surface area contributed by atoms with Crippen LogP contribution in [0.15, 0.2) is 36.5 Å². The highest BCUT2D eigenvalue weighted by Gasteiger charge is 2.13. The van der Waals surface area contributed by atoms with Crippen LogP contribution in [0.25, 0.3) is 11.1 Å². The summed E-state index contributed by atoms with van der Waals surface area (Å²) in [5, 5.41) is 8.98. The minimum atomic E-state index is -1.11. The SMILES string of the molecule is COc1ccccc1-c1cnc(Cl)c(C(=O)O)c1. The van der Waals surface area contributed by atoms with Crippen LogP contribution < -0.4 is 4.74 Å². The molecule has 0 unspecified atom stereocenters. The summed E-state index contributed by atoms with van der Waals surface area (Å²) < 4.78 is 5.22. The molecule has 1 heterocycles. The van der Waals surface area contributed by atoms with Crippen LogP contribution in [-0.2, 0) is 0 Å². The summed E-state index contributed by atoms with van der Waals surface area (Å²) in [5.74, 6) is -0.456.